The summed E-state index contributed by atoms with van der Waals surface area (Å²) in [6.07, 6.45) is 2.43. The molecule has 1 aliphatic rings. The van der Waals surface area contributed by atoms with Crippen LogP contribution in [0.1, 0.15) is 22.3 Å². The number of amides is 3. The first-order chi connectivity index (χ1) is 13.1. The van der Waals surface area contributed by atoms with Crippen LogP contribution in [-0.2, 0) is 16.0 Å². The highest BCUT2D eigenvalue weighted by Crippen LogP contribution is 2.20. The van der Waals surface area contributed by atoms with Crippen LogP contribution < -0.4 is 10.6 Å². The van der Waals surface area contributed by atoms with Crippen molar-refractivity contribution in [3.8, 4) is 0 Å². The number of carbonyl (C=O) groups excluding carboxylic acids is 3. The molecule has 3 amide bonds. The molecule has 3 aromatic rings. The molecule has 2 N–H and O–H groups in total. The lowest BCUT2D eigenvalue weighted by atomic mass is 9.97. The highest BCUT2D eigenvalue weighted by Gasteiger charge is 2.30. The van der Waals surface area contributed by atoms with E-state index in [1.54, 1.807) is 18.3 Å². The van der Waals surface area contributed by atoms with E-state index >= 15 is 0 Å². The molecule has 27 heavy (non-hydrogen) atoms. The van der Waals surface area contributed by atoms with Gasteiger partial charge in [0.1, 0.15) is 0 Å². The van der Waals surface area contributed by atoms with E-state index in [4.69, 9.17) is 0 Å². The number of benzene rings is 2. The summed E-state index contributed by atoms with van der Waals surface area (Å²) in [5.74, 6) is -0.999. The summed E-state index contributed by atoms with van der Waals surface area (Å²) in [4.78, 5) is 39.6. The minimum atomic E-state index is -0.330. The van der Waals surface area contributed by atoms with Crippen molar-refractivity contribution in [2.75, 3.05) is 5.32 Å². The van der Waals surface area contributed by atoms with E-state index in [0.717, 1.165) is 16.5 Å². The summed E-state index contributed by atoms with van der Waals surface area (Å²) in [6, 6.07) is 16.4. The average Bonchev–Trinajstić information content (AvgIpc) is 2.99. The summed E-state index contributed by atoms with van der Waals surface area (Å²) >= 11 is 0. The molecular weight excluding hydrogens is 342 g/mol. The van der Waals surface area contributed by atoms with Crippen LogP contribution in [0.3, 0.4) is 0 Å². The van der Waals surface area contributed by atoms with Crippen LogP contribution in [0.25, 0.3) is 10.9 Å². The quantitative estimate of drug-likeness (QED) is 0.701. The number of hydrogen-bond donors (Lipinski definition) is 2. The van der Waals surface area contributed by atoms with E-state index < -0.39 is 0 Å². The predicted molar refractivity (Wildman–Crippen MR) is 101 cm³/mol. The molecule has 0 bridgehead atoms. The molecule has 1 fully saturated rings. The Hall–Kier alpha value is -3.54. The minimum Gasteiger partial charge on any atom is -0.322 e. The van der Waals surface area contributed by atoms with Crippen LogP contribution in [0.15, 0.2) is 60.8 Å². The third-order valence-electron chi connectivity index (χ3n) is 4.62. The third-order valence-corrected chi connectivity index (χ3v) is 4.62. The molecule has 2 heterocycles. The first-order valence-electron chi connectivity index (χ1n) is 8.67. The van der Waals surface area contributed by atoms with E-state index in [1.165, 1.54) is 0 Å². The molecule has 134 valence electrons. The second-order valence-corrected chi connectivity index (χ2v) is 6.58. The molecule has 1 saturated heterocycles. The van der Waals surface area contributed by atoms with Crippen molar-refractivity contribution in [2.45, 2.75) is 12.8 Å². The molecular formula is C21H17N3O3. The number of carbonyl (C=O) groups is 3. The van der Waals surface area contributed by atoms with Gasteiger partial charge in [-0.25, -0.2) is 0 Å². The molecule has 0 aliphatic carbocycles. The van der Waals surface area contributed by atoms with Gasteiger partial charge in [-0.05, 0) is 48.4 Å². The first-order valence-corrected chi connectivity index (χ1v) is 8.67. The van der Waals surface area contributed by atoms with Gasteiger partial charge < -0.3 is 5.32 Å². The van der Waals surface area contributed by atoms with Crippen LogP contribution in [0.2, 0.25) is 0 Å². The second kappa shape index (κ2) is 6.99. The van der Waals surface area contributed by atoms with Crippen molar-refractivity contribution in [3.05, 3.63) is 71.9 Å². The maximum atomic E-state index is 12.5. The number of nitrogens with one attached hydrogen (secondary N) is 2. The SMILES string of the molecule is O=C1C[C@@H](Cc2ccc(C(=O)Nc3ccc4ncccc4c3)cc2)C(=O)N1. The summed E-state index contributed by atoms with van der Waals surface area (Å²) in [5, 5.41) is 6.14. The molecule has 0 unspecified atom stereocenters. The van der Waals surface area contributed by atoms with Crippen molar-refractivity contribution >= 4 is 34.3 Å². The molecule has 0 saturated carbocycles. The van der Waals surface area contributed by atoms with Gasteiger partial charge in [-0.3, -0.25) is 24.7 Å². The predicted octanol–water partition coefficient (Wildman–Crippen LogP) is 2.69. The van der Waals surface area contributed by atoms with E-state index in [-0.39, 0.29) is 30.1 Å². The maximum absolute atomic E-state index is 12.5. The zero-order chi connectivity index (χ0) is 18.8. The molecule has 6 nitrogen and oxygen atoms in total. The van der Waals surface area contributed by atoms with E-state index in [1.807, 2.05) is 42.5 Å². The number of nitrogens with zero attached hydrogens (tertiary/aromatic N) is 1. The Kier molecular flexibility index (Phi) is 4.38. The van der Waals surface area contributed by atoms with Gasteiger partial charge in [0.2, 0.25) is 11.8 Å². The van der Waals surface area contributed by atoms with Crippen LogP contribution in [0.4, 0.5) is 5.69 Å². The van der Waals surface area contributed by atoms with Gasteiger partial charge in [-0.15, -0.1) is 0 Å². The lowest BCUT2D eigenvalue weighted by molar-refractivity contribution is -0.125. The van der Waals surface area contributed by atoms with Crippen molar-refractivity contribution in [1.82, 2.24) is 10.3 Å². The van der Waals surface area contributed by atoms with Crippen molar-refractivity contribution in [1.29, 1.82) is 0 Å². The molecule has 2 aromatic carbocycles. The lowest BCUT2D eigenvalue weighted by Gasteiger charge is -2.09. The molecule has 1 atom stereocenters. The van der Waals surface area contributed by atoms with Gasteiger partial charge in [-0.1, -0.05) is 18.2 Å². The number of hydrogen-bond acceptors (Lipinski definition) is 4. The molecule has 4 rings (SSSR count). The van der Waals surface area contributed by atoms with Crippen LogP contribution in [-0.4, -0.2) is 22.7 Å². The summed E-state index contributed by atoms with van der Waals surface area (Å²) in [6.45, 7) is 0. The largest absolute Gasteiger partial charge is 0.322 e. The summed E-state index contributed by atoms with van der Waals surface area (Å²) in [7, 11) is 0. The zero-order valence-electron chi connectivity index (χ0n) is 14.4. The van der Waals surface area contributed by atoms with Gasteiger partial charge in [0.25, 0.3) is 5.91 Å². The van der Waals surface area contributed by atoms with Gasteiger partial charge in [0, 0.05) is 29.3 Å². The van der Waals surface area contributed by atoms with Crippen molar-refractivity contribution < 1.29 is 14.4 Å². The highest BCUT2D eigenvalue weighted by molar-refractivity contribution is 6.05. The standard InChI is InChI=1S/C21H17N3O3/c25-19-12-16(21(27)24-19)10-13-3-5-14(6-4-13)20(26)23-17-7-8-18-15(11-17)2-1-9-22-18/h1-9,11,16H,10,12H2,(H,23,26)(H,24,25,27)/t16-/m1/s1. The number of pyridine rings is 1. The van der Waals surface area contributed by atoms with E-state index in [2.05, 4.69) is 15.6 Å². The molecule has 0 radical (unpaired) electrons. The number of rotatable bonds is 4. The fourth-order valence-corrected chi connectivity index (χ4v) is 3.21. The van der Waals surface area contributed by atoms with E-state index in [9.17, 15) is 14.4 Å². The molecule has 1 aliphatic heterocycles. The Morgan fingerprint density at radius 2 is 1.93 bits per heavy atom. The lowest BCUT2D eigenvalue weighted by Crippen LogP contribution is -2.22. The third kappa shape index (κ3) is 3.69. The Morgan fingerprint density at radius 3 is 2.67 bits per heavy atom. The monoisotopic (exact) mass is 359 g/mol. The van der Waals surface area contributed by atoms with Crippen molar-refractivity contribution in [3.63, 3.8) is 0 Å². The summed E-state index contributed by atoms with van der Waals surface area (Å²) in [5.41, 5.74) is 3.01. The van der Waals surface area contributed by atoms with Crippen LogP contribution >= 0.6 is 0 Å². The van der Waals surface area contributed by atoms with Gasteiger partial charge >= 0.3 is 0 Å². The maximum Gasteiger partial charge on any atom is 0.255 e. The van der Waals surface area contributed by atoms with Gasteiger partial charge in [0.05, 0.1) is 11.4 Å². The van der Waals surface area contributed by atoms with Gasteiger partial charge in [-0.2, -0.15) is 0 Å². The zero-order valence-corrected chi connectivity index (χ0v) is 14.4. The normalized spacial score (nSPS) is 16.4. The number of imide groups is 1. The number of anilines is 1. The molecule has 6 heteroatoms. The highest BCUT2D eigenvalue weighted by atomic mass is 16.2. The minimum absolute atomic E-state index is 0.210. The smallest absolute Gasteiger partial charge is 0.255 e. The Balaban J connectivity index is 1.44. The van der Waals surface area contributed by atoms with Crippen LogP contribution in [0.5, 0.6) is 0 Å². The first kappa shape index (κ1) is 16.9. The van der Waals surface area contributed by atoms with E-state index in [0.29, 0.717) is 17.7 Å². The topological polar surface area (TPSA) is 88.2 Å². The van der Waals surface area contributed by atoms with Crippen molar-refractivity contribution in [2.24, 2.45) is 5.92 Å². The Morgan fingerprint density at radius 1 is 1.11 bits per heavy atom. The van der Waals surface area contributed by atoms with Gasteiger partial charge in [0.15, 0.2) is 0 Å². The summed E-state index contributed by atoms with van der Waals surface area (Å²) < 4.78 is 0. The second-order valence-electron chi connectivity index (χ2n) is 6.58. The fourth-order valence-electron chi connectivity index (χ4n) is 3.21. The van der Waals surface area contributed by atoms with Crippen LogP contribution in [0, 0.1) is 5.92 Å². The Bertz CT molecular complexity index is 1040. The average molecular weight is 359 g/mol. The molecule has 0 spiro atoms. The Labute approximate surface area is 155 Å². The number of fused-ring (bicyclic) bond motifs is 1. The number of aromatic nitrogens is 1. The molecule has 1 aromatic heterocycles. The fraction of sp³-hybridized carbons (Fsp3) is 0.143.